The average molecular weight is 646 g/mol. The third-order valence-corrected chi connectivity index (χ3v) is 8.64. The maximum Gasteiger partial charge on any atom is 0.301 e. The summed E-state index contributed by atoms with van der Waals surface area (Å²) in [6, 6.07) is 8.08. The van der Waals surface area contributed by atoms with Gasteiger partial charge in [-0.25, -0.2) is 23.7 Å². The topological polar surface area (TPSA) is 158 Å². The third-order valence-electron chi connectivity index (χ3n) is 7.15. The van der Waals surface area contributed by atoms with Gasteiger partial charge in [0.2, 0.25) is 5.95 Å². The highest BCUT2D eigenvalue weighted by atomic mass is 35.5. The van der Waals surface area contributed by atoms with Crippen molar-refractivity contribution in [1.29, 1.82) is 5.26 Å². The van der Waals surface area contributed by atoms with E-state index in [2.05, 4.69) is 25.0 Å². The number of nitriles is 1. The Labute approximate surface area is 256 Å². The quantitative estimate of drug-likeness (QED) is 0.306. The molecule has 2 aromatic carbocycles. The number of hydrogen-bond acceptors (Lipinski definition) is 10. The molecule has 2 fully saturated rings. The molecular formula is C27H26ClF2N9O4S. The van der Waals surface area contributed by atoms with Gasteiger partial charge in [-0.3, -0.25) is 14.1 Å². The molecule has 2 N–H and O–H groups in total. The molecule has 4 heterocycles. The van der Waals surface area contributed by atoms with Crippen molar-refractivity contribution >= 4 is 45.2 Å². The van der Waals surface area contributed by atoms with Crippen molar-refractivity contribution in [3.8, 4) is 23.3 Å². The fraction of sp³-hybridized carbons (Fsp3) is 0.296. The van der Waals surface area contributed by atoms with Gasteiger partial charge >= 0.3 is 10.2 Å². The number of alkyl halides is 1. The van der Waals surface area contributed by atoms with Crippen LogP contribution in [0.3, 0.4) is 0 Å². The zero-order chi connectivity index (χ0) is 30.1. The predicted molar refractivity (Wildman–Crippen MR) is 160 cm³/mol. The Hall–Kier alpha value is -4.43. The largest absolute Gasteiger partial charge is 0.453 e. The molecule has 0 spiro atoms. The molecule has 44 heavy (non-hydrogen) atoms. The molecule has 4 aromatic rings. The summed E-state index contributed by atoms with van der Waals surface area (Å²) in [6.45, 7) is 2.82. The molecule has 0 radical (unpaired) electrons. The van der Waals surface area contributed by atoms with Crippen molar-refractivity contribution in [3.05, 3.63) is 70.8 Å². The molecule has 0 amide bonds. The predicted octanol–water partition coefficient (Wildman–Crippen LogP) is 2.51. The lowest BCUT2D eigenvalue weighted by atomic mass is 10.1. The first-order valence-corrected chi connectivity index (χ1v) is 14.8. The van der Waals surface area contributed by atoms with E-state index in [0.29, 0.717) is 17.2 Å². The van der Waals surface area contributed by atoms with Crippen LogP contribution in [0.5, 0.6) is 11.5 Å². The van der Waals surface area contributed by atoms with Crippen LogP contribution in [0.1, 0.15) is 12.0 Å². The number of halogens is 3. The lowest BCUT2D eigenvalue weighted by Crippen LogP contribution is -2.44. The fourth-order valence-corrected chi connectivity index (χ4v) is 6.18. The van der Waals surface area contributed by atoms with Gasteiger partial charge in [-0.15, -0.1) is 12.4 Å². The number of ether oxygens (including phenoxy) is 1. The van der Waals surface area contributed by atoms with Crippen molar-refractivity contribution in [2.45, 2.75) is 12.6 Å². The van der Waals surface area contributed by atoms with E-state index in [-0.39, 0.29) is 48.7 Å². The van der Waals surface area contributed by atoms with Crippen LogP contribution in [0.4, 0.5) is 20.4 Å². The number of nitrogens with zero attached hydrogens (tertiary/aromatic N) is 7. The summed E-state index contributed by atoms with van der Waals surface area (Å²) >= 11 is 0. The number of rotatable bonds is 7. The minimum absolute atomic E-state index is 0. The Bertz CT molecular complexity index is 1900. The number of anilines is 2. The molecule has 0 saturated carbocycles. The first-order valence-electron chi connectivity index (χ1n) is 13.4. The van der Waals surface area contributed by atoms with E-state index in [4.69, 9.17) is 4.74 Å². The standard InChI is InChI=1S/C27H25F2N9O4S.ClH/c28-17-5-8-37(15-17)43(40,41)35-24-4-2-22(29)25(21(24)12-30)42-19-1-3-23-20(11-19)26(39)38(16-34-23)18-13-32-27(33-14-18)36-9-6-31-7-10-36;/h1-4,11,13-14,16-17,31,35H,5-10,15H2;1H. The van der Waals surface area contributed by atoms with Crippen LogP contribution in [0, 0.1) is 17.1 Å². The molecule has 2 aliphatic heterocycles. The van der Waals surface area contributed by atoms with Gasteiger partial charge in [0, 0.05) is 39.3 Å². The van der Waals surface area contributed by atoms with Gasteiger partial charge in [-0.05, 0) is 36.8 Å². The van der Waals surface area contributed by atoms with E-state index >= 15 is 0 Å². The number of benzene rings is 2. The molecule has 0 aliphatic carbocycles. The summed E-state index contributed by atoms with van der Waals surface area (Å²) in [4.78, 5) is 28.6. The van der Waals surface area contributed by atoms with Gasteiger partial charge in [0.25, 0.3) is 5.56 Å². The van der Waals surface area contributed by atoms with Crippen molar-refractivity contribution in [3.63, 3.8) is 0 Å². The van der Waals surface area contributed by atoms with E-state index in [9.17, 15) is 27.3 Å². The van der Waals surface area contributed by atoms with Crippen LogP contribution in [-0.2, 0) is 10.2 Å². The molecule has 2 aromatic heterocycles. The van der Waals surface area contributed by atoms with E-state index in [1.54, 1.807) is 6.07 Å². The van der Waals surface area contributed by atoms with Crippen molar-refractivity contribution < 1.29 is 21.9 Å². The van der Waals surface area contributed by atoms with Crippen LogP contribution >= 0.6 is 12.4 Å². The molecule has 2 aliphatic rings. The van der Waals surface area contributed by atoms with Gasteiger partial charge in [-0.1, -0.05) is 0 Å². The van der Waals surface area contributed by atoms with Crippen LogP contribution in [0.25, 0.3) is 16.6 Å². The SMILES string of the molecule is Cl.N#Cc1c(NS(=O)(=O)N2CCC(F)C2)ccc(F)c1Oc1ccc2ncn(-c3cnc(N4CCNCC4)nc3)c(=O)c2c1. The molecule has 13 nitrogen and oxygen atoms in total. The third kappa shape index (κ3) is 6.13. The van der Waals surface area contributed by atoms with Gasteiger partial charge in [-0.2, -0.15) is 18.0 Å². The number of piperazine rings is 1. The first-order chi connectivity index (χ1) is 20.7. The van der Waals surface area contributed by atoms with Crippen LogP contribution < -0.4 is 25.2 Å². The monoisotopic (exact) mass is 645 g/mol. The molecule has 1 unspecified atom stereocenters. The van der Waals surface area contributed by atoms with E-state index in [1.807, 2.05) is 4.90 Å². The summed E-state index contributed by atoms with van der Waals surface area (Å²) < 4.78 is 64.1. The Morgan fingerprint density at radius 2 is 1.84 bits per heavy atom. The summed E-state index contributed by atoms with van der Waals surface area (Å²) in [5.74, 6) is -0.929. The van der Waals surface area contributed by atoms with Gasteiger partial charge in [0.15, 0.2) is 11.6 Å². The van der Waals surface area contributed by atoms with Crippen molar-refractivity contribution in [1.82, 2.24) is 29.1 Å². The Kier molecular flexibility index (Phi) is 8.92. The van der Waals surface area contributed by atoms with Gasteiger partial charge < -0.3 is 15.0 Å². The summed E-state index contributed by atoms with van der Waals surface area (Å²) in [5.41, 5.74) is -0.403. The highest BCUT2D eigenvalue weighted by Crippen LogP contribution is 2.34. The lowest BCUT2D eigenvalue weighted by molar-refractivity contribution is 0.343. The highest BCUT2D eigenvalue weighted by Gasteiger charge is 2.32. The number of fused-ring (bicyclic) bond motifs is 1. The molecule has 230 valence electrons. The number of aromatic nitrogens is 4. The maximum atomic E-state index is 14.9. The second-order valence-electron chi connectivity index (χ2n) is 9.94. The molecule has 0 bridgehead atoms. The van der Waals surface area contributed by atoms with Crippen molar-refractivity contribution in [2.24, 2.45) is 0 Å². The van der Waals surface area contributed by atoms with Crippen LogP contribution in [-0.4, -0.2) is 77.7 Å². The maximum absolute atomic E-state index is 14.9. The zero-order valence-corrected chi connectivity index (χ0v) is 24.6. The molecular weight excluding hydrogens is 620 g/mol. The lowest BCUT2D eigenvalue weighted by Gasteiger charge is -2.27. The minimum atomic E-state index is -4.21. The summed E-state index contributed by atoms with van der Waals surface area (Å²) in [5, 5.41) is 13.2. The van der Waals surface area contributed by atoms with Gasteiger partial charge in [0.05, 0.1) is 34.7 Å². The fourth-order valence-electron chi connectivity index (χ4n) is 4.90. The van der Waals surface area contributed by atoms with E-state index in [0.717, 1.165) is 42.6 Å². The van der Waals surface area contributed by atoms with E-state index in [1.165, 1.54) is 41.5 Å². The molecule has 6 rings (SSSR count). The highest BCUT2D eigenvalue weighted by molar-refractivity contribution is 7.90. The number of nitrogens with one attached hydrogen (secondary N) is 2. The first kappa shape index (κ1) is 31.0. The summed E-state index contributed by atoms with van der Waals surface area (Å²) in [6.07, 6.45) is 3.16. The van der Waals surface area contributed by atoms with Gasteiger partial charge in [0.1, 0.15) is 29.9 Å². The zero-order valence-electron chi connectivity index (χ0n) is 23.0. The van der Waals surface area contributed by atoms with Crippen LogP contribution in [0.2, 0.25) is 0 Å². The molecule has 1 atom stereocenters. The molecule has 17 heteroatoms. The van der Waals surface area contributed by atoms with Crippen LogP contribution in [0.15, 0.2) is 53.8 Å². The molecule has 2 saturated heterocycles. The normalized spacial score (nSPS) is 17.2. The average Bonchev–Trinajstić information content (AvgIpc) is 3.47. The van der Waals surface area contributed by atoms with Crippen molar-refractivity contribution in [2.75, 3.05) is 48.9 Å². The Morgan fingerprint density at radius 3 is 2.52 bits per heavy atom. The smallest absolute Gasteiger partial charge is 0.301 e. The van der Waals surface area contributed by atoms with E-state index < -0.39 is 39.1 Å². The number of hydrogen-bond donors (Lipinski definition) is 2. The second-order valence-corrected chi connectivity index (χ2v) is 11.6. The minimum Gasteiger partial charge on any atom is -0.453 e. The second kappa shape index (κ2) is 12.7. The Morgan fingerprint density at radius 1 is 1.09 bits per heavy atom. The Balaban J connectivity index is 0.00000384. The summed E-state index contributed by atoms with van der Waals surface area (Å²) in [7, 11) is -4.21.